The average molecular weight is 315 g/mol. The molecule has 2 atom stereocenters. The zero-order chi connectivity index (χ0) is 14.9. The smallest absolute Gasteiger partial charge is 0.224 e. The van der Waals surface area contributed by atoms with Gasteiger partial charge >= 0.3 is 0 Å². The van der Waals surface area contributed by atoms with E-state index >= 15 is 0 Å². The Hall–Kier alpha value is -0.660. The molecule has 1 amide bonds. The second kappa shape index (κ2) is 6.22. The molecule has 6 nitrogen and oxygen atoms in total. The number of amides is 1. The molecule has 3 aliphatic rings. The summed E-state index contributed by atoms with van der Waals surface area (Å²) in [6.07, 6.45) is 4.02. The molecular weight excluding hydrogens is 290 g/mol. The van der Waals surface area contributed by atoms with E-state index in [1.807, 2.05) is 4.90 Å². The van der Waals surface area contributed by atoms with Crippen LogP contribution < -0.4 is 5.32 Å². The number of nitrogens with zero attached hydrogens (tertiary/aromatic N) is 2. The zero-order valence-electron chi connectivity index (χ0n) is 12.5. The molecule has 0 spiro atoms. The summed E-state index contributed by atoms with van der Waals surface area (Å²) in [6.45, 7) is 4.20. The highest BCUT2D eigenvalue weighted by molar-refractivity contribution is 7.91. The fraction of sp³-hybridized carbons (Fsp3) is 0.929. The Morgan fingerprint density at radius 2 is 2.05 bits per heavy atom. The summed E-state index contributed by atoms with van der Waals surface area (Å²) >= 11 is 0. The number of rotatable bonds is 2. The van der Waals surface area contributed by atoms with E-state index in [1.165, 1.54) is 19.3 Å². The van der Waals surface area contributed by atoms with Gasteiger partial charge < -0.3 is 10.2 Å². The van der Waals surface area contributed by atoms with Gasteiger partial charge in [0.25, 0.3) is 0 Å². The second-order valence-electron chi connectivity index (χ2n) is 6.49. The molecule has 3 fully saturated rings. The number of hydrogen-bond acceptors (Lipinski definition) is 5. The molecule has 0 saturated carbocycles. The number of sulfone groups is 1. The van der Waals surface area contributed by atoms with Crippen LogP contribution in [0, 0.1) is 0 Å². The van der Waals surface area contributed by atoms with Crippen molar-refractivity contribution in [3.63, 3.8) is 0 Å². The van der Waals surface area contributed by atoms with E-state index in [0.717, 1.165) is 26.2 Å². The standard InChI is InChI=1S/C14H25N3O3S/c18-14(9-12-11-21(19,20)8-4-15-12)17-7-6-16-5-2-1-3-13(16)10-17/h12-13,15H,1-11H2. The van der Waals surface area contributed by atoms with Crippen molar-refractivity contribution in [2.45, 2.75) is 37.8 Å². The van der Waals surface area contributed by atoms with E-state index in [4.69, 9.17) is 0 Å². The van der Waals surface area contributed by atoms with Crippen molar-refractivity contribution in [2.24, 2.45) is 0 Å². The van der Waals surface area contributed by atoms with E-state index in [1.54, 1.807) is 0 Å². The predicted molar refractivity (Wildman–Crippen MR) is 80.9 cm³/mol. The number of fused-ring (bicyclic) bond motifs is 1. The Labute approximate surface area is 126 Å². The first-order valence-electron chi connectivity index (χ1n) is 7.99. The lowest BCUT2D eigenvalue weighted by Crippen LogP contribution is -2.57. The van der Waals surface area contributed by atoms with Crippen LogP contribution in [0.25, 0.3) is 0 Å². The molecule has 0 aromatic rings. The number of piperidine rings is 1. The lowest BCUT2D eigenvalue weighted by Gasteiger charge is -2.44. The van der Waals surface area contributed by atoms with Crippen molar-refractivity contribution in [1.82, 2.24) is 15.1 Å². The van der Waals surface area contributed by atoms with Gasteiger partial charge in [-0.1, -0.05) is 6.42 Å². The molecule has 0 aliphatic carbocycles. The van der Waals surface area contributed by atoms with Crippen molar-refractivity contribution < 1.29 is 13.2 Å². The van der Waals surface area contributed by atoms with E-state index in [2.05, 4.69) is 10.2 Å². The average Bonchev–Trinajstić information content (AvgIpc) is 2.45. The first-order valence-corrected chi connectivity index (χ1v) is 9.81. The fourth-order valence-corrected chi connectivity index (χ4v) is 5.17. The van der Waals surface area contributed by atoms with Crippen molar-refractivity contribution in [3.8, 4) is 0 Å². The summed E-state index contributed by atoms with van der Waals surface area (Å²) in [5.74, 6) is 0.399. The zero-order valence-corrected chi connectivity index (χ0v) is 13.3. The number of piperazine rings is 1. The first kappa shape index (κ1) is 15.2. The highest BCUT2D eigenvalue weighted by Crippen LogP contribution is 2.21. The number of nitrogens with one attached hydrogen (secondary N) is 1. The van der Waals surface area contributed by atoms with Gasteiger partial charge in [0.15, 0.2) is 9.84 Å². The van der Waals surface area contributed by atoms with Crippen LogP contribution in [-0.2, 0) is 14.6 Å². The van der Waals surface area contributed by atoms with Gasteiger partial charge in [-0.05, 0) is 19.4 Å². The summed E-state index contributed by atoms with van der Waals surface area (Å²) in [5.41, 5.74) is 0. The molecule has 21 heavy (non-hydrogen) atoms. The van der Waals surface area contributed by atoms with Gasteiger partial charge in [0.05, 0.1) is 11.5 Å². The van der Waals surface area contributed by atoms with E-state index in [0.29, 0.717) is 19.0 Å². The monoisotopic (exact) mass is 315 g/mol. The van der Waals surface area contributed by atoms with Crippen LogP contribution in [0.5, 0.6) is 0 Å². The fourth-order valence-electron chi connectivity index (χ4n) is 3.72. The summed E-state index contributed by atoms with van der Waals surface area (Å²) in [4.78, 5) is 16.9. The molecule has 120 valence electrons. The minimum absolute atomic E-state index is 0.0993. The third kappa shape index (κ3) is 3.76. The maximum Gasteiger partial charge on any atom is 0.224 e. The Kier molecular flexibility index (Phi) is 4.51. The molecule has 3 heterocycles. The second-order valence-corrected chi connectivity index (χ2v) is 8.72. The highest BCUT2D eigenvalue weighted by atomic mass is 32.2. The van der Waals surface area contributed by atoms with Crippen LogP contribution >= 0.6 is 0 Å². The molecule has 3 saturated heterocycles. The van der Waals surface area contributed by atoms with Gasteiger partial charge in [0, 0.05) is 44.7 Å². The van der Waals surface area contributed by atoms with Crippen LogP contribution in [0.2, 0.25) is 0 Å². The Morgan fingerprint density at radius 3 is 2.86 bits per heavy atom. The summed E-state index contributed by atoms with van der Waals surface area (Å²) in [5, 5.41) is 3.16. The minimum atomic E-state index is -2.97. The van der Waals surface area contributed by atoms with Gasteiger partial charge in [0.2, 0.25) is 5.91 Å². The van der Waals surface area contributed by atoms with Crippen LogP contribution in [-0.4, -0.2) is 80.4 Å². The molecule has 0 radical (unpaired) electrons. The van der Waals surface area contributed by atoms with Crippen molar-refractivity contribution in [3.05, 3.63) is 0 Å². The van der Waals surface area contributed by atoms with E-state index in [-0.39, 0.29) is 23.5 Å². The van der Waals surface area contributed by atoms with Crippen molar-refractivity contribution in [1.29, 1.82) is 0 Å². The molecule has 7 heteroatoms. The van der Waals surface area contributed by atoms with E-state index in [9.17, 15) is 13.2 Å². The van der Waals surface area contributed by atoms with Crippen molar-refractivity contribution in [2.75, 3.05) is 44.2 Å². The Morgan fingerprint density at radius 1 is 1.19 bits per heavy atom. The molecule has 2 unspecified atom stereocenters. The molecule has 0 bridgehead atoms. The largest absolute Gasteiger partial charge is 0.340 e. The summed E-state index contributed by atoms with van der Waals surface area (Å²) in [6, 6.07) is 0.306. The van der Waals surface area contributed by atoms with Crippen LogP contribution in [0.15, 0.2) is 0 Å². The van der Waals surface area contributed by atoms with Crippen LogP contribution in [0.3, 0.4) is 0 Å². The van der Waals surface area contributed by atoms with Gasteiger partial charge in [-0.3, -0.25) is 9.69 Å². The summed E-state index contributed by atoms with van der Waals surface area (Å²) in [7, 11) is -2.97. The molecular formula is C14H25N3O3S. The SMILES string of the molecule is O=C(CC1CS(=O)(=O)CCN1)N1CCN2CCCCC2C1. The summed E-state index contributed by atoms with van der Waals surface area (Å²) < 4.78 is 23.3. The normalized spacial score (nSPS) is 33.4. The van der Waals surface area contributed by atoms with E-state index < -0.39 is 9.84 Å². The first-order chi connectivity index (χ1) is 10.0. The number of carbonyl (C=O) groups is 1. The molecule has 0 aromatic heterocycles. The highest BCUT2D eigenvalue weighted by Gasteiger charge is 2.33. The molecule has 0 aromatic carbocycles. The van der Waals surface area contributed by atoms with Gasteiger partial charge in [-0.15, -0.1) is 0 Å². The quantitative estimate of drug-likeness (QED) is 0.741. The van der Waals surface area contributed by atoms with Gasteiger partial charge in [-0.25, -0.2) is 8.42 Å². The Bertz CT molecular complexity index is 494. The van der Waals surface area contributed by atoms with Crippen LogP contribution in [0.1, 0.15) is 25.7 Å². The number of carbonyl (C=O) groups excluding carboxylic acids is 1. The molecule has 3 rings (SSSR count). The van der Waals surface area contributed by atoms with Gasteiger partial charge in [-0.2, -0.15) is 0 Å². The predicted octanol–water partition coefficient (Wildman–Crippen LogP) is -0.540. The number of hydrogen-bond donors (Lipinski definition) is 1. The topological polar surface area (TPSA) is 69.7 Å². The molecule has 1 N–H and O–H groups in total. The lowest BCUT2D eigenvalue weighted by atomic mass is 9.99. The molecule has 3 aliphatic heterocycles. The third-order valence-electron chi connectivity index (χ3n) is 4.91. The maximum absolute atomic E-state index is 12.4. The van der Waals surface area contributed by atoms with Crippen molar-refractivity contribution >= 4 is 15.7 Å². The van der Waals surface area contributed by atoms with Gasteiger partial charge in [0.1, 0.15) is 0 Å². The lowest BCUT2D eigenvalue weighted by molar-refractivity contribution is -0.135. The maximum atomic E-state index is 12.4. The van der Waals surface area contributed by atoms with Crippen LogP contribution in [0.4, 0.5) is 0 Å². The third-order valence-corrected chi connectivity index (χ3v) is 6.65. The minimum Gasteiger partial charge on any atom is -0.340 e. The Balaban J connectivity index is 1.53.